The lowest BCUT2D eigenvalue weighted by Crippen LogP contribution is -2.27. The second-order valence-corrected chi connectivity index (χ2v) is 7.28. The summed E-state index contributed by atoms with van der Waals surface area (Å²) in [6.45, 7) is 2.53. The predicted molar refractivity (Wildman–Crippen MR) is 110 cm³/mol. The van der Waals surface area contributed by atoms with E-state index < -0.39 is 0 Å². The van der Waals surface area contributed by atoms with E-state index in [2.05, 4.69) is 5.32 Å². The van der Waals surface area contributed by atoms with Gasteiger partial charge in [-0.15, -0.1) is 0 Å². The summed E-state index contributed by atoms with van der Waals surface area (Å²) in [6, 6.07) is 12.2. The minimum absolute atomic E-state index is 0.00872. The van der Waals surface area contributed by atoms with Gasteiger partial charge in [0.2, 0.25) is 11.8 Å². The molecule has 7 heteroatoms. The third-order valence-corrected chi connectivity index (χ3v) is 4.95. The zero-order chi connectivity index (χ0) is 20.3. The molecule has 1 heterocycles. The number of hydrogen-bond acceptors (Lipinski definition) is 3. The molecule has 0 saturated carbocycles. The van der Waals surface area contributed by atoms with Crippen LogP contribution in [0, 0.1) is 0 Å². The summed E-state index contributed by atoms with van der Waals surface area (Å²) < 4.78 is 0. The molecule has 28 heavy (non-hydrogen) atoms. The Hall–Kier alpha value is -2.86. The quantitative estimate of drug-likeness (QED) is 0.833. The summed E-state index contributed by atoms with van der Waals surface area (Å²) >= 11 is 6.10. The molecule has 2 aromatic carbocycles. The maximum atomic E-state index is 12.9. The maximum absolute atomic E-state index is 12.9. The van der Waals surface area contributed by atoms with Crippen molar-refractivity contribution >= 4 is 40.7 Å². The Morgan fingerprint density at radius 1 is 1.21 bits per heavy atom. The summed E-state index contributed by atoms with van der Waals surface area (Å²) in [5.41, 5.74) is 2.44. The van der Waals surface area contributed by atoms with Crippen molar-refractivity contribution in [1.82, 2.24) is 4.90 Å². The van der Waals surface area contributed by atoms with E-state index in [1.807, 2.05) is 18.2 Å². The number of benzene rings is 2. The highest BCUT2D eigenvalue weighted by atomic mass is 35.5. The molecule has 1 saturated heterocycles. The fourth-order valence-electron chi connectivity index (χ4n) is 3.15. The number of nitrogens with one attached hydrogen (secondary N) is 1. The minimum atomic E-state index is -0.316. The third kappa shape index (κ3) is 4.51. The second-order valence-electron chi connectivity index (χ2n) is 6.84. The average Bonchev–Trinajstić information content (AvgIpc) is 3.07. The van der Waals surface area contributed by atoms with E-state index in [4.69, 9.17) is 11.6 Å². The van der Waals surface area contributed by atoms with Crippen LogP contribution in [0.1, 0.15) is 35.7 Å². The smallest absolute Gasteiger partial charge is 0.257 e. The first-order valence-corrected chi connectivity index (χ1v) is 9.45. The molecule has 6 nitrogen and oxygen atoms in total. The SMILES string of the molecule is CC(=O)N(C)Cc1cccc(NC(=O)c2ccc(Cl)cc2N2CCCC2=O)c1. The van der Waals surface area contributed by atoms with E-state index in [1.165, 1.54) is 6.92 Å². The molecular weight excluding hydrogens is 378 g/mol. The molecule has 0 atom stereocenters. The van der Waals surface area contributed by atoms with Crippen LogP contribution in [0.5, 0.6) is 0 Å². The molecule has 1 aliphatic heterocycles. The van der Waals surface area contributed by atoms with Crippen molar-refractivity contribution in [2.24, 2.45) is 0 Å². The summed E-state index contributed by atoms with van der Waals surface area (Å²) in [5.74, 6) is -0.357. The van der Waals surface area contributed by atoms with E-state index in [9.17, 15) is 14.4 Å². The molecule has 0 radical (unpaired) electrons. The van der Waals surface area contributed by atoms with Gasteiger partial charge in [0.1, 0.15) is 0 Å². The van der Waals surface area contributed by atoms with Crippen LogP contribution in [0.15, 0.2) is 42.5 Å². The van der Waals surface area contributed by atoms with E-state index in [0.717, 1.165) is 12.0 Å². The van der Waals surface area contributed by atoms with Gasteiger partial charge in [0.05, 0.1) is 11.3 Å². The summed E-state index contributed by atoms with van der Waals surface area (Å²) in [6.07, 6.45) is 1.23. The molecular formula is C21H22ClN3O3. The highest BCUT2D eigenvalue weighted by Gasteiger charge is 2.26. The number of rotatable bonds is 5. The lowest BCUT2D eigenvalue weighted by molar-refractivity contribution is -0.128. The fourth-order valence-corrected chi connectivity index (χ4v) is 3.32. The van der Waals surface area contributed by atoms with Crippen LogP contribution in [0.25, 0.3) is 0 Å². The third-order valence-electron chi connectivity index (χ3n) is 4.71. The summed E-state index contributed by atoms with van der Waals surface area (Å²) in [7, 11) is 1.72. The second kappa shape index (κ2) is 8.44. The Bertz CT molecular complexity index is 929. The Labute approximate surface area is 169 Å². The Morgan fingerprint density at radius 2 is 2.00 bits per heavy atom. The number of anilines is 2. The van der Waals surface area contributed by atoms with Gasteiger partial charge in [-0.25, -0.2) is 0 Å². The number of hydrogen-bond donors (Lipinski definition) is 1. The lowest BCUT2D eigenvalue weighted by atomic mass is 10.1. The van der Waals surface area contributed by atoms with Crippen LogP contribution < -0.4 is 10.2 Å². The van der Waals surface area contributed by atoms with Crippen molar-refractivity contribution in [3.8, 4) is 0 Å². The highest BCUT2D eigenvalue weighted by Crippen LogP contribution is 2.29. The van der Waals surface area contributed by atoms with Gasteiger partial charge in [0, 0.05) is 44.2 Å². The van der Waals surface area contributed by atoms with Crippen molar-refractivity contribution in [3.05, 3.63) is 58.6 Å². The lowest BCUT2D eigenvalue weighted by Gasteiger charge is -2.20. The molecule has 0 aliphatic carbocycles. The van der Waals surface area contributed by atoms with Crippen molar-refractivity contribution in [2.75, 3.05) is 23.8 Å². The standard InChI is InChI=1S/C21H22ClN3O3/c1-14(26)24(2)13-15-5-3-6-17(11-15)23-21(28)18-9-8-16(22)12-19(18)25-10-4-7-20(25)27/h3,5-6,8-9,11-12H,4,7,10,13H2,1-2H3,(H,23,28). The molecule has 0 spiro atoms. The normalized spacial score (nSPS) is 13.5. The van der Waals surface area contributed by atoms with Crippen molar-refractivity contribution in [1.29, 1.82) is 0 Å². The first-order valence-electron chi connectivity index (χ1n) is 9.07. The van der Waals surface area contributed by atoms with E-state index in [0.29, 0.717) is 41.5 Å². The molecule has 1 fully saturated rings. The van der Waals surface area contributed by atoms with Crippen molar-refractivity contribution < 1.29 is 14.4 Å². The van der Waals surface area contributed by atoms with Crippen LogP contribution in [-0.2, 0) is 16.1 Å². The zero-order valence-electron chi connectivity index (χ0n) is 15.9. The minimum Gasteiger partial charge on any atom is -0.342 e. The van der Waals surface area contributed by atoms with Crippen molar-refractivity contribution in [2.45, 2.75) is 26.3 Å². The van der Waals surface area contributed by atoms with Crippen LogP contribution in [0.2, 0.25) is 5.02 Å². The fraction of sp³-hybridized carbons (Fsp3) is 0.286. The van der Waals surface area contributed by atoms with Crippen LogP contribution in [0.4, 0.5) is 11.4 Å². The highest BCUT2D eigenvalue weighted by molar-refractivity contribution is 6.31. The van der Waals surface area contributed by atoms with Gasteiger partial charge in [-0.3, -0.25) is 14.4 Å². The number of carbonyl (C=O) groups is 3. The topological polar surface area (TPSA) is 69.7 Å². The van der Waals surface area contributed by atoms with E-state index >= 15 is 0 Å². The largest absolute Gasteiger partial charge is 0.342 e. The Kier molecular flexibility index (Phi) is 5.99. The van der Waals surface area contributed by atoms with Gasteiger partial charge >= 0.3 is 0 Å². The van der Waals surface area contributed by atoms with Gasteiger partial charge in [-0.1, -0.05) is 23.7 Å². The van der Waals surface area contributed by atoms with Gasteiger partial charge in [-0.2, -0.15) is 0 Å². The number of carbonyl (C=O) groups excluding carboxylic acids is 3. The van der Waals surface area contributed by atoms with Gasteiger partial charge in [0.15, 0.2) is 0 Å². The molecule has 1 N–H and O–H groups in total. The van der Waals surface area contributed by atoms with Gasteiger partial charge in [0.25, 0.3) is 5.91 Å². The van der Waals surface area contributed by atoms with Crippen LogP contribution >= 0.6 is 11.6 Å². The summed E-state index contributed by atoms with van der Waals surface area (Å²) in [4.78, 5) is 39.7. The Morgan fingerprint density at radius 3 is 2.68 bits per heavy atom. The van der Waals surface area contributed by atoms with Crippen LogP contribution in [0.3, 0.4) is 0 Å². The average molecular weight is 400 g/mol. The van der Waals surface area contributed by atoms with E-state index in [-0.39, 0.29) is 17.7 Å². The van der Waals surface area contributed by atoms with Crippen molar-refractivity contribution in [3.63, 3.8) is 0 Å². The molecule has 146 valence electrons. The number of nitrogens with zero attached hydrogens (tertiary/aromatic N) is 2. The zero-order valence-corrected chi connectivity index (χ0v) is 16.6. The van der Waals surface area contributed by atoms with E-state index in [1.54, 1.807) is 41.1 Å². The first kappa shape index (κ1) is 19.9. The number of halogens is 1. The molecule has 1 aliphatic rings. The van der Waals surface area contributed by atoms with Gasteiger partial charge < -0.3 is 15.1 Å². The molecule has 2 aromatic rings. The molecule has 3 amide bonds. The molecule has 0 bridgehead atoms. The molecule has 3 rings (SSSR count). The molecule has 0 unspecified atom stereocenters. The maximum Gasteiger partial charge on any atom is 0.257 e. The predicted octanol–water partition coefficient (Wildman–Crippen LogP) is 3.70. The number of amides is 3. The van der Waals surface area contributed by atoms with Crippen LogP contribution in [-0.4, -0.2) is 36.2 Å². The molecule has 0 aromatic heterocycles. The van der Waals surface area contributed by atoms with Gasteiger partial charge in [-0.05, 0) is 42.3 Å². The summed E-state index contributed by atoms with van der Waals surface area (Å²) in [5, 5.41) is 3.35. The monoisotopic (exact) mass is 399 g/mol. The first-order chi connectivity index (χ1) is 13.3. The Balaban J connectivity index is 1.82.